The van der Waals surface area contributed by atoms with E-state index in [0.29, 0.717) is 18.0 Å². The van der Waals surface area contributed by atoms with E-state index in [0.717, 1.165) is 18.5 Å². The van der Waals surface area contributed by atoms with E-state index in [9.17, 15) is 8.42 Å². The molecule has 1 aliphatic carbocycles. The highest BCUT2D eigenvalue weighted by Gasteiger charge is 2.28. The van der Waals surface area contributed by atoms with Crippen molar-refractivity contribution in [2.24, 2.45) is 5.92 Å². The Morgan fingerprint density at radius 2 is 2.00 bits per heavy atom. The second-order valence-electron chi connectivity index (χ2n) is 5.97. The van der Waals surface area contributed by atoms with E-state index in [-0.39, 0.29) is 11.1 Å². The van der Waals surface area contributed by atoms with Gasteiger partial charge in [-0.1, -0.05) is 19.3 Å². The Kier molecular flexibility index (Phi) is 5.40. The molecule has 0 aliphatic heterocycles. The van der Waals surface area contributed by atoms with Crippen LogP contribution in [-0.4, -0.2) is 31.7 Å². The molecule has 1 atom stereocenters. The number of hydrogen-bond donors (Lipinski definition) is 3. The fourth-order valence-corrected chi connectivity index (χ4v) is 4.58. The molecule has 0 bridgehead atoms. The molecule has 1 aromatic heterocycles. The van der Waals surface area contributed by atoms with Crippen LogP contribution in [0.4, 0.5) is 0 Å². The Morgan fingerprint density at radius 3 is 2.62 bits per heavy atom. The quantitative estimate of drug-likeness (QED) is 0.745. The third-order valence-electron chi connectivity index (χ3n) is 4.34. The van der Waals surface area contributed by atoms with Crippen LogP contribution >= 0.6 is 0 Å². The summed E-state index contributed by atoms with van der Waals surface area (Å²) in [6, 6.07) is -0.0465. The summed E-state index contributed by atoms with van der Waals surface area (Å²) in [7, 11) is -1.78. The van der Waals surface area contributed by atoms with Crippen molar-refractivity contribution in [2.75, 3.05) is 7.05 Å². The topological polar surface area (TPSA) is 86.9 Å². The number of rotatable bonds is 6. The Balaban J connectivity index is 2.14. The van der Waals surface area contributed by atoms with Gasteiger partial charge in [-0.2, -0.15) is 5.10 Å². The van der Waals surface area contributed by atoms with Crippen LogP contribution < -0.4 is 10.0 Å². The summed E-state index contributed by atoms with van der Waals surface area (Å²) in [5.41, 5.74) is 1.50. The molecule has 120 valence electrons. The fraction of sp³-hybridized carbons (Fsp3) is 0.786. The van der Waals surface area contributed by atoms with Gasteiger partial charge in [0.25, 0.3) is 10.0 Å². The fourth-order valence-electron chi connectivity index (χ4n) is 3.07. The van der Waals surface area contributed by atoms with Gasteiger partial charge in [0.1, 0.15) is 0 Å². The van der Waals surface area contributed by atoms with Crippen LogP contribution in [0.5, 0.6) is 0 Å². The molecule has 0 amide bonds. The minimum Gasteiger partial charge on any atom is -0.316 e. The molecule has 0 radical (unpaired) electrons. The summed E-state index contributed by atoms with van der Waals surface area (Å²) >= 11 is 0. The molecule has 1 unspecified atom stereocenters. The molecule has 1 aromatic rings. The van der Waals surface area contributed by atoms with Crippen molar-refractivity contribution in [2.45, 2.75) is 63.6 Å². The first-order valence-electron chi connectivity index (χ1n) is 7.66. The lowest BCUT2D eigenvalue weighted by Gasteiger charge is -2.27. The van der Waals surface area contributed by atoms with Crippen LogP contribution in [0.15, 0.2) is 5.03 Å². The van der Waals surface area contributed by atoms with E-state index in [4.69, 9.17) is 0 Å². The molecular weight excluding hydrogens is 288 g/mol. The molecule has 1 fully saturated rings. The Bertz CT molecular complexity index is 562. The van der Waals surface area contributed by atoms with Gasteiger partial charge in [0.15, 0.2) is 5.03 Å². The van der Waals surface area contributed by atoms with E-state index in [2.05, 4.69) is 20.2 Å². The predicted molar refractivity (Wildman–Crippen MR) is 82.4 cm³/mol. The van der Waals surface area contributed by atoms with Crippen molar-refractivity contribution in [3.8, 4) is 0 Å². The van der Waals surface area contributed by atoms with Crippen molar-refractivity contribution >= 4 is 10.0 Å². The minimum atomic E-state index is -3.57. The van der Waals surface area contributed by atoms with Gasteiger partial charge in [-0.15, -0.1) is 0 Å². The van der Waals surface area contributed by atoms with E-state index < -0.39 is 10.0 Å². The molecule has 1 heterocycles. The minimum absolute atomic E-state index is 0.0465. The summed E-state index contributed by atoms with van der Waals surface area (Å²) in [6.45, 7) is 4.28. The first-order valence-corrected chi connectivity index (χ1v) is 9.14. The lowest BCUT2D eigenvalue weighted by Crippen LogP contribution is -2.39. The molecule has 0 aromatic carbocycles. The maximum absolute atomic E-state index is 12.6. The molecule has 1 saturated carbocycles. The summed E-state index contributed by atoms with van der Waals surface area (Å²) in [6.07, 6.45) is 5.87. The predicted octanol–water partition coefficient (Wildman–Crippen LogP) is 1.68. The molecule has 7 heteroatoms. The average Bonchev–Trinajstić information content (AvgIpc) is 2.82. The van der Waals surface area contributed by atoms with Gasteiger partial charge in [0, 0.05) is 23.8 Å². The summed E-state index contributed by atoms with van der Waals surface area (Å²) in [5.74, 6) is 0.432. The number of hydrogen-bond acceptors (Lipinski definition) is 4. The number of aryl methyl sites for hydroxylation is 1. The maximum atomic E-state index is 12.6. The van der Waals surface area contributed by atoms with Crippen LogP contribution in [0.2, 0.25) is 0 Å². The van der Waals surface area contributed by atoms with Gasteiger partial charge in [-0.05, 0) is 39.7 Å². The van der Waals surface area contributed by atoms with Gasteiger partial charge in [-0.3, -0.25) is 5.10 Å². The number of H-pyrrole nitrogens is 1. The Labute approximate surface area is 127 Å². The van der Waals surface area contributed by atoms with Crippen LogP contribution in [-0.2, 0) is 16.6 Å². The average molecular weight is 314 g/mol. The normalized spacial score (nSPS) is 18.8. The van der Waals surface area contributed by atoms with Crippen LogP contribution in [0.3, 0.4) is 0 Å². The molecule has 6 nitrogen and oxygen atoms in total. The number of aromatic amines is 1. The van der Waals surface area contributed by atoms with Gasteiger partial charge < -0.3 is 5.32 Å². The molecule has 1 aliphatic rings. The van der Waals surface area contributed by atoms with Gasteiger partial charge in [-0.25, -0.2) is 13.1 Å². The van der Waals surface area contributed by atoms with Crippen LogP contribution in [0, 0.1) is 12.8 Å². The van der Waals surface area contributed by atoms with Gasteiger partial charge >= 0.3 is 0 Å². The lowest BCUT2D eigenvalue weighted by molar-refractivity contribution is 0.303. The Morgan fingerprint density at radius 1 is 1.33 bits per heavy atom. The molecular formula is C14H26N4O2S. The van der Waals surface area contributed by atoms with Gasteiger partial charge in [0.05, 0.1) is 0 Å². The van der Waals surface area contributed by atoms with Crippen molar-refractivity contribution in [1.82, 2.24) is 20.2 Å². The summed E-state index contributed by atoms with van der Waals surface area (Å²) < 4.78 is 28.0. The van der Waals surface area contributed by atoms with E-state index >= 15 is 0 Å². The zero-order chi connectivity index (χ0) is 15.5. The second-order valence-corrected chi connectivity index (χ2v) is 7.60. The van der Waals surface area contributed by atoms with E-state index in [1.54, 1.807) is 7.05 Å². The summed E-state index contributed by atoms with van der Waals surface area (Å²) in [4.78, 5) is 0. The second kappa shape index (κ2) is 6.89. The highest BCUT2D eigenvalue weighted by Crippen LogP contribution is 2.27. The zero-order valence-electron chi connectivity index (χ0n) is 13.1. The Hall–Kier alpha value is -0.920. The third-order valence-corrected chi connectivity index (χ3v) is 5.87. The van der Waals surface area contributed by atoms with Crippen molar-refractivity contribution in [3.05, 3.63) is 11.3 Å². The number of sulfonamides is 1. The molecule has 0 spiro atoms. The standard InChI is InChI=1S/C14H26N4O2S/c1-10(12-7-5-4-6-8-12)18-21(19,20)14-13(9-15-3)11(2)16-17-14/h10,12,15,18H,4-9H2,1-3H3,(H,16,17). The van der Waals surface area contributed by atoms with Gasteiger partial charge in [0.2, 0.25) is 0 Å². The largest absolute Gasteiger partial charge is 0.316 e. The molecule has 21 heavy (non-hydrogen) atoms. The smallest absolute Gasteiger partial charge is 0.260 e. The highest BCUT2D eigenvalue weighted by atomic mass is 32.2. The van der Waals surface area contributed by atoms with Crippen molar-refractivity contribution in [1.29, 1.82) is 0 Å². The lowest BCUT2D eigenvalue weighted by atomic mass is 9.85. The van der Waals surface area contributed by atoms with Crippen molar-refractivity contribution in [3.63, 3.8) is 0 Å². The molecule has 3 N–H and O–H groups in total. The monoisotopic (exact) mass is 314 g/mol. The maximum Gasteiger partial charge on any atom is 0.260 e. The molecule has 2 rings (SSSR count). The first kappa shape index (κ1) is 16.5. The van der Waals surface area contributed by atoms with Crippen LogP contribution in [0.25, 0.3) is 0 Å². The zero-order valence-corrected chi connectivity index (χ0v) is 13.9. The van der Waals surface area contributed by atoms with Crippen LogP contribution in [0.1, 0.15) is 50.3 Å². The third kappa shape index (κ3) is 3.84. The summed E-state index contributed by atoms with van der Waals surface area (Å²) in [5, 5.41) is 9.87. The van der Waals surface area contributed by atoms with Crippen molar-refractivity contribution < 1.29 is 8.42 Å². The number of nitrogens with zero attached hydrogens (tertiary/aromatic N) is 1. The SMILES string of the molecule is CNCc1c(S(=O)(=O)NC(C)C2CCCCC2)n[nH]c1C. The number of aromatic nitrogens is 2. The first-order chi connectivity index (χ1) is 9.95. The number of nitrogens with one attached hydrogen (secondary N) is 3. The highest BCUT2D eigenvalue weighted by molar-refractivity contribution is 7.89. The van der Waals surface area contributed by atoms with E-state index in [1.807, 2.05) is 13.8 Å². The molecule has 0 saturated heterocycles. The van der Waals surface area contributed by atoms with E-state index in [1.165, 1.54) is 19.3 Å².